The first kappa shape index (κ1) is 23.1. The number of benzene rings is 1. The Morgan fingerprint density at radius 2 is 1.83 bits per heavy atom. The fraction of sp³-hybridized carbons (Fsp3) is 0.565. The topological polar surface area (TPSA) is 67.3 Å². The fourth-order valence-electron chi connectivity index (χ4n) is 3.70. The van der Waals surface area contributed by atoms with Gasteiger partial charge in [0, 0.05) is 30.5 Å². The second-order valence-electron chi connectivity index (χ2n) is 8.26. The summed E-state index contributed by atoms with van der Waals surface area (Å²) in [7, 11) is -3.44. The molecule has 5 nitrogen and oxygen atoms in total. The number of ketones is 1. The molecule has 0 spiro atoms. The van der Waals surface area contributed by atoms with Crippen LogP contribution in [0.2, 0.25) is 0 Å². The highest BCUT2D eigenvalue weighted by Crippen LogP contribution is 2.27. The summed E-state index contributed by atoms with van der Waals surface area (Å²) in [5.41, 5.74) is 1.67. The molecule has 164 valence electrons. The van der Waals surface area contributed by atoms with Gasteiger partial charge in [-0.1, -0.05) is 45.2 Å². The summed E-state index contributed by atoms with van der Waals surface area (Å²) in [6, 6.07) is 6.96. The monoisotopic (exact) mass is 448 g/mol. The molecule has 0 radical (unpaired) electrons. The molecule has 0 aliphatic carbocycles. The van der Waals surface area contributed by atoms with E-state index in [0.29, 0.717) is 36.7 Å². The predicted molar refractivity (Wildman–Crippen MR) is 122 cm³/mol. The van der Waals surface area contributed by atoms with Crippen molar-refractivity contribution in [2.45, 2.75) is 70.1 Å². The van der Waals surface area contributed by atoms with E-state index in [1.54, 1.807) is 16.4 Å². The van der Waals surface area contributed by atoms with Gasteiger partial charge in [-0.3, -0.25) is 4.79 Å². The van der Waals surface area contributed by atoms with Gasteiger partial charge in [0.25, 0.3) is 0 Å². The Hall–Kier alpha value is -1.57. The van der Waals surface area contributed by atoms with Crippen LogP contribution in [0.4, 0.5) is 0 Å². The van der Waals surface area contributed by atoms with Crippen LogP contribution in [0.15, 0.2) is 34.5 Å². The number of hydrogen-bond donors (Lipinski definition) is 0. The maximum Gasteiger partial charge on any atom is 0.243 e. The van der Waals surface area contributed by atoms with Crippen molar-refractivity contribution < 1.29 is 13.2 Å². The van der Waals surface area contributed by atoms with Crippen LogP contribution < -0.4 is 0 Å². The Labute approximate surface area is 184 Å². The molecular formula is C23H32N2O3S2. The van der Waals surface area contributed by atoms with E-state index in [1.807, 2.05) is 17.5 Å². The number of aromatic nitrogens is 1. The Bertz CT molecular complexity index is 928. The molecule has 1 aliphatic rings. The lowest BCUT2D eigenvalue weighted by molar-refractivity contribution is -0.118. The number of carbonyl (C=O) groups is 1. The first-order chi connectivity index (χ1) is 14.4. The number of sulfonamides is 1. The molecule has 0 atom stereocenters. The number of Topliss-reactive ketones (excluding diaryl/α,β-unsaturated/α-hetero) is 1. The van der Waals surface area contributed by atoms with Crippen molar-refractivity contribution >= 4 is 27.1 Å². The molecule has 2 heterocycles. The van der Waals surface area contributed by atoms with Gasteiger partial charge >= 0.3 is 0 Å². The van der Waals surface area contributed by atoms with Crippen molar-refractivity contribution in [2.24, 2.45) is 5.92 Å². The lowest BCUT2D eigenvalue weighted by Crippen LogP contribution is -2.37. The highest BCUT2D eigenvalue weighted by molar-refractivity contribution is 7.89. The van der Waals surface area contributed by atoms with Crippen LogP contribution in [-0.4, -0.2) is 36.6 Å². The summed E-state index contributed by atoms with van der Waals surface area (Å²) in [5.74, 6) is 0.824. The van der Waals surface area contributed by atoms with Gasteiger partial charge in [-0.25, -0.2) is 13.4 Å². The lowest BCUT2D eigenvalue weighted by atomic mass is 10.0. The molecule has 1 fully saturated rings. The van der Waals surface area contributed by atoms with E-state index in [9.17, 15) is 13.2 Å². The van der Waals surface area contributed by atoms with Gasteiger partial charge in [-0.2, -0.15) is 4.31 Å². The highest BCUT2D eigenvalue weighted by atomic mass is 32.2. The van der Waals surface area contributed by atoms with Crippen LogP contribution in [0.25, 0.3) is 11.3 Å². The van der Waals surface area contributed by atoms with Crippen LogP contribution in [0, 0.1) is 5.92 Å². The predicted octanol–water partition coefficient (Wildman–Crippen LogP) is 5.31. The van der Waals surface area contributed by atoms with Gasteiger partial charge < -0.3 is 0 Å². The quantitative estimate of drug-likeness (QED) is 0.462. The number of hydrogen-bond acceptors (Lipinski definition) is 5. The second kappa shape index (κ2) is 10.6. The van der Waals surface area contributed by atoms with E-state index in [4.69, 9.17) is 0 Å². The number of rotatable bonds is 10. The number of thiazole rings is 1. The molecule has 1 aromatic carbocycles. The van der Waals surface area contributed by atoms with Gasteiger partial charge in [-0.05, 0) is 37.3 Å². The van der Waals surface area contributed by atoms with Crippen LogP contribution in [0.5, 0.6) is 0 Å². The molecule has 3 rings (SSSR count). The summed E-state index contributed by atoms with van der Waals surface area (Å²) in [5, 5.41) is 2.76. The molecule has 0 N–H and O–H groups in total. The summed E-state index contributed by atoms with van der Waals surface area (Å²) >= 11 is 1.49. The third kappa shape index (κ3) is 5.99. The minimum Gasteiger partial charge on any atom is -0.299 e. The van der Waals surface area contributed by atoms with Crippen LogP contribution in [0.3, 0.4) is 0 Å². The third-order valence-electron chi connectivity index (χ3n) is 5.74. The zero-order valence-electron chi connectivity index (χ0n) is 18.0. The first-order valence-corrected chi connectivity index (χ1v) is 13.3. The van der Waals surface area contributed by atoms with E-state index < -0.39 is 10.0 Å². The summed E-state index contributed by atoms with van der Waals surface area (Å²) < 4.78 is 27.3. The number of carbonyl (C=O) groups excluding carboxylic acids is 1. The Kier molecular flexibility index (Phi) is 8.20. The van der Waals surface area contributed by atoms with Gasteiger partial charge in [0.15, 0.2) is 0 Å². The van der Waals surface area contributed by atoms with Gasteiger partial charge in [0.2, 0.25) is 10.0 Å². The molecule has 0 unspecified atom stereocenters. The van der Waals surface area contributed by atoms with Crippen molar-refractivity contribution in [3.05, 3.63) is 34.7 Å². The minimum atomic E-state index is -3.44. The van der Waals surface area contributed by atoms with Crippen LogP contribution in [-0.2, 0) is 21.2 Å². The molecule has 0 bridgehead atoms. The van der Waals surface area contributed by atoms with E-state index in [0.717, 1.165) is 41.9 Å². The number of nitrogens with zero attached hydrogens (tertiary/aromatic N) is 2. The molecule has 1 aromatic heterocycles. The number of piperidine rings is 1. The van der Waals surface area contributed by atoms with Crippen LogP contribution >= 0.6 is 11.3 Å². The summed E-state index contributed by atoms with van der Waals surface area (Å²) in [6.45, 7) is 5.51. The van der Waals surface area contributed by atoms with Crippen LogP contribution in [0.1, 0.15) is 63.8 Å². The Morgan fingerprint density at radius 3 is 2.50 bits per heavy atom. The SMILES string of the molecule is CCCCCCC(=O)Cc1nc(-c2ccc(S(=O)(=O)N3CCC(C)CC3)cc2)cs1. The minimum absolute atomic E-state index is 0.240. The number of unbranched alkanes of at least 4 members (excludes halogenated alkanes) is 3. The van der Waals surface area contributed by atoms with Crippen molar-refractivity contribution in [3.63, 3.8) is 0 Å². The Morgan fingerprint density at radius 1 is 1.13 bits per heavy atom. The highest BCUT2D eigenvalue weighted by Gasteiger charge is 2.28. The van der Waals surface area contributed by atoms with E-state index in [2.05, 4.69) is 18.8 Å². The average molecular weight is 449 g/mol. The molecule has 0 saturated carbocycles. The summed E-state index contributed by atoms with van der Waals surface area (Å²) in [4.78, 5) is 17.1. The zero-order chi connectivity index (χ0) is 21.6. The van der Waals surface area contributed by atoms with Gasteiger partial charge in [0.1, 0.15) is 10.8 Å². The summed E-state index contributed by atoms with van der Waals surface area (Å²) in [6.07, 6.45) is 7.24. The smallest absolute Gasteiger partial charge is 0.243 e. The largest absolute Gasteiger partial charge is 0.299 e. The molecule has 0 amide bonds. The standard InChI is InChI=1S/C23H32N2O3S2/c1-3-4-5-6-7-20(26)16-23-24-22(17-29-23)19-8-10-21(11-9-19)30(27,28)25-14-12-18(2)13-15-25/h8-11,17-18H,3-7,12-16H2,1-2H3. The molecule has 30 heavy (non-hydrogen) atoms. The molecule has 2 aromatic rings. The van der Waals surface area contributed by atoms with Crippen molar-refractivity contribution in [2.75, 3.05) is 13.1 Å². The normalized spacial score (nSPS) is 16.1. The Balaban J connectivity index is 1.61. The maximum absolute atomic E-state index is 12.9. The third-order valence-corrected chi connectivity index (χ3v) is 8.50. The van der Waals surface area contributed by atoms with E-state index in [1.165, 1.54) is 24.2 Å². The van der Waals surface area contributed by atoms with Crippen molar-refractivity contribution in [1.82, 2.24) is 9.29 Å². The average Bonchev–Trinajstić information content (AvgIpc) is 3.20. The van der Waals surface area contributed by atoms with Gasteiger partial charge in [0.05, 0.1) is 17.0 Å². The van der Waals surface area contributed by atoms with Gasteiger partial charge in [-0.15, -0.1) is 11.3 Å². The lowest BCUT2D eigenvalue weighted by Gasteiger charge is -2.29. The van der Waals surface area contributed by atoms with E-state index >= 15 is 0 Å². The van der Waals surface area contributed by atoms with E-state index in [-0.39, 0.29) is 5.78 Å². The maximum atomic E-state index is 12.9. The van der Waals surface area contributed by atoms with Crippen molar-refractivity contribution in [1.29, 1.82) is 0 Å². The second-order valence-corrected chi connectivity index (χ2v) is 11.1. The molecule has 7 heteroatoms. The first-order valence-electron chi connectivity index (χ1n) is 11.0. The fourth-order valence-corrected chi connectivity index (χ4v) is 6.00. The molecule has 1 saturated heterocycles. The van der Waals surface area contributed by atoms with Crippen molar-refractivity contribution in [3.8, 4) is 11.3 Å². The molecular weight excluding hydrogens is 416 g/mol. The molecule has 1 aliphatic heterocycles. The zero-order valence-corrected chi connectivity index (χ0v) is 19.6.